The number of fused-ring (bicyclic) bond motifs is 7. The van der Waals surface area contributed by atoms with Gasteiger partial charge in [-0.3, -0.25) is 0 Å². The summed E-state index contributed by atoms with van der Waals surface area (Å²) in [7, 11) is 0. The molecule has 0 N–H and O–H groups in total. The van der Waals surface area contributed by atoms with Crippen LogP contribution in [0.5, 0.6) is 0 Å². The van der Waals surface area contributed by atoms with Crippen LogP contribution in [0.3, 0.4) is 0 Å². The van der Waals surface area contributed by atoms with Crippen LogP contribution in [0.25, 0.3) is 111 Å². The van der Waals surface area contributed by atoms with Crippen molar-refractivity contribution in [1.82, 2.24) is 15.0 Å². The van der Waals surface area contributed by atoms with Gasteiger partial charge in [0.1, 0.15) is 11.2 Å². The van der Waals surface area contributed by atoms with Crippen molar-refractivity contribution < 1.29 is 4.42 Å². The minimum Gasteiger partial charge on any atom is -0.455 e. The Kier molecular flexibility index (Phi) is 7.14. The van der Waals surface area contributed by atoms with Crippen molar-refractivity contribution >= 4 is 54.3 Å². The van der Waals surface area contributed by atoms with E-state index in [0.717, 1.165) is 71.5 Å². The van der Waals surface area contributed by atoms with E-state index in [1.807, 2.05) is 6.07 Å². The molecule has 0 fully saturated rings. The molecule has 2 aromatic heterocycles. The third-order valence-corrected chi connectivity index (χ3v) is 10.7. The monoisotopic (exact) mass is 701 g/mol. The molecular formula is C51H31N3O. The molecule has 0 radical (unpaired) electrons. The van der Waals surface area contributed by atoms with Crippen LogP contribution in [0, 0.1) is 0 Å². The molecule has 11 rings (SSSR count). The summed E-state index contributed by atoms with van der Waals surface area (Å²) in [6.07, 6.45) is 0. The molecule has 256 valence electrons. The van der Waals surface area contributed by atoms with E-state index in [9.17, 15) is 0 Å². The summed E-state index contributed by atoms with van der Waals surface area (Å²) in [5.74, 6) is 1.85. The van der Waals surface area contributed by atoms with Crippen molar-refractivity contribution in [2.24, 2.45) is 0 Å². The largest absolute Gasteiger partial charge is 0.455 e. The number of benzene rings is 9. The first-order valence-corrected chi connectivity index (χ1v) is 18.5. The third-order valence-electron chi connectivity index (χ3n) is 10.7. The van der Waals surface area contributed by atoms with Gasteiger partial charge in [0, 0.05) is 32.8 Å². The van der Waals surface area contributed by atoms with Gasteiger partial charge in [-0.25, -0.2) is 15.0 Å². The molecular weight excluding hydrogens is 671 g/mol. The normalized spacial score (nSPS) is 11.6. The second-order valence-electron chi connectivity index (χ2n) is 14.0. The highest BCUT2D eigenvalue weighted by Crippen LogP contribution is 2.41. The minimum absolute atomic E-state index is 0.611. The molecule has 0 saturated carbocycles. The summed E-state index contributed by atoms with van der Waals surface area (Å²) in [6.45, 7) is 0. The maximum atomic E-state index is 6.67. The highest BCUT2D eigenvalue weighted by molar-refractivity contribution is 6.19. The van der Waals surface area contributed by atoms with Gasteiger partial charge < -0.3 is 4.42 Å². The smallest absolute Gasteiger partial charge is 0.164 e. The minimum atomic E-state index is 0.611. The zero-order chi connectivity index (χ0) is 36.3. The van der Waals surface area contributed by atoms with E-state index < -0.39 is 0 Å². The lowest BCUT2D eigenvalue weighted by molar-refractivity contribution is 0.673. The van der Waals surface area contributed by atoms with Gasteiger partial charge in [-0.2, -0.15) is 0 Å². The van der Waals surface area contributed by atoms with E-state index in [2.05, 4.69) is 182 Å². The number of rotatable bonds is 5. The van der Waals surface area contributed by atoms with Gasteiger partial charge in [0.05, 0.1) is 0 Å². The van der Waals surface area contributed by atoms with Gasteiger partial charge in [-0.1, -0.05) is 164 Å². The Morgan fingerprint density at radius 3 is 1.75 bits per heavy atom. The second kappa shape index (κ2) is 12.6. The van der Waals surface area contributed by atoms with Crippen LogP contribution in [-0.4, -0.2) is 15.0 Å². The molecule has 0 aliphatic heterocycles. The quantitative estimate of drug-likeness (QED) is 0.179. The van der Waals surface area contributed by atoms with Crippen molar-refractivity contribution in [3.63, 3.8) is 0 Å². The molecule has 4 heteroatoms. The topological polar surface area (TPSA) is 51.8 Å². The summed E-state index contributed by atoms with van der Waals surface area (Å²) in [6, 6.07) is 65.8. The Morgan fingerprint density at radius 1 is 0.291 bits per heavy atom. The number of furan rings is 1. The number of aromatic nitrogens is 3. The van der Waals surface area contributed by atoms with Crippen LogP contribution in [-0.2, 0) is 0 Å². The zero-order valence-electron chi connectivity index (χ0n) is 29.6. The van der Waals surface area contributed by atoms with Crippen LogP contribution in [0.4, 0.5) is 0 Å². The third kappa shape index (κ3) is 5.34. The fraction of sp³-hybridized carbons (Fsp3) is 0. The van der Waals surface area contributed by atoms with Gasteiger partial charge in [0.15, 0.2) is 17.5 Å². The molecule has 0 saturated heterocycles. The van der Waals surface area contributed by atoms with Gasteiger partial charge in [-0.15, -0.1) is 0 Å². The summed E-state index contributed by atoms with van der Waals surface area (Å²) in [5.41, 5.74) is 9.08. The summed E-state index contributed by atoms with van der Waals surface area (Å²) < 4.78 is 6.67. The lowest BCUT2D eigenvalue weighted by Crippen LogP contribution is -2.01. The fourth-order valence-electron chi connectivity index (χ4n) is 7.95. The van der Waals surface area contributed by atoms with E-state index in [-0.39, 0.29) is 0 Å². The van der Waals surface area contributed by atoms with Gasteiger partial charge in [-0.05, 0) is 73.5 Å². The van der Waals surface area contributed by atoms with E-state index in [0.29, 0.717) is 17.5 Å². The van der Waals surface area contributed by atoms with E-state index in [1.165, 1.54) is 21.7 Å². The molecule has 11 aromatic rings. The van der Waals surface area contributed by atoms with Crippen LogP contribution >= 0.6 is 0 Å². The van der Waals surface area contributed by atoms with Gasteiger partial charge in [0.2, 0.25) is 0 Å². The Morgan fingerprint density at radius 2 is 0.909 bits per heavy atom. The number of hydrogen-bond donors (Lipinski definition) is 0. The summed E-state index contributed by atoms with van der Waals surface area (Å²) >= 11 is 0. The first kappa shape index (κ1) is 31.1. The molecule has 0 bridgehead atoms. The lowest BCUT2D eigenvalue weighted by atomic mass is 9.97. The highest BCUT2D eigenvalue weighted by atomic mass is 16.3. The number of hydrogen-bond acceptors (Lipinski definition) is 4. The predicted molar refractivity (Wildman–Crippen MR) is 227 cm³/mol. The van der Waals surface area contributed by atoms with Gasteiger partial charge >= 0.3 is 0 Å². The SMILES string of the molecule is c1ccc(-c2ccc3c(c2)oc2c4ccccc4c(-c4nc(-c5ccc(-c6cccc7ccccc67)cc5)nc(-c5ccc6ccccc6c5)n4)cc32)cc1. The second-order valence-corrected chi connectivity index (χ2v) is 14.0. The van der Waals surface area contributed by atoms with E-state index in [1.54, 1.807) is 0 Å². The van der Waals surface area contributed by atoms with E-state index >= 15 is 0 Å². The summed E-state index contributed by atoms with van der Waals surface area (Å²) in [4.78, 5) is 15.6. The highest BCUT2D eigenvalue weighted by Gasteiger charge is 2.19. The Balaban J connectivity index is 1.11. The van der Waals surface area contributed by atoms with E-state index in [4.69, 9.17) is 19.4 Å². The Labute approximate surface area is 317 Å². The average Bonchev–Trinajstić information content (AvgIpc) is 3.64. The predicted octanol–water partition coefficient (Wildman–Crippen LogP) is 13.6. The maximum absolute atomic E-state index is 6.67. The molecule has 9 aromatic carbocycles. The summed E-state index contributed by atoms with van der Waals surface area (Å²) in [5, 5.41) is 8.86. The van der Waals surface area contributed by atoms with Crippen LogP contribution in [0.15, 0.2) is 192 Å². The zero-order valence-corrected chi connectivity index (χ0v) is 29.6. The van der Waals surface area contributed by atoms with Gasteiger partial charge in [0.25, 0.3) is 0 Å². The maximum Gasteiger partial charge on any atom is 0.164 e. The standard InChI is InChI=1S/C51H31N3O/c1-2-11-32(12-3-1)38-27-28-43-45-31-46(42-18-8-9-19-44(42)48(45)55-47(43)30-38)51-53-49(52-50(54-51)39-26-21-33-13-4-5-15-37(33)29-39)36-24-22-35(23-25-36)41-20-10-16-34-14-6-7-17-40(34)41/h1-31H. The first-order valence-electron chi connectivity index (χ1n) is 18.5. The fourth-order valence-corrected chi connectivity index (χ4v) is 7.95. The van der Waals surface area contributed by atoms with Crippen molar-refractivity contribution in [2.75, 3.05) is 0 Å². The van der Waals surface area contributed by atoms with Crippen LogP contribution < -0.4 is 0 Å². The lowest BCUT2D eigenvalue weighted by Gasteiger charge is -2.12. The van der Waals surface area contributed by atoms with Crippen molar-refractivity contribution in [1.29, 1.82) is 0 Å². The van der Waals surface area contributed by atoms with Crippen molar-refractivity contribution in [2.45, 2.75) is 0 Å². The molecule has 0 aliphatic rings. The molecule has 0 amide bonds. The number of nitrogens with zero attached hydrogens (tertiary/aromatic N) is 3. The Hall–Kier alpha value is -7.43. The van der Waals surface area contributed by atoms with Crippen molar-refractivity contribution in [3.8, 4) is 56.4 Å². The molecule has 0 atom stereocenters. The van der Waals surface area contributed by atoms with Crippen LogP contribution in [0.2, 0.25) is 0 Å². The average molecular weight is 702 g/mol. The molecule has 0 unspecified atom stereocenters. The first-order chi connectivity index (χ1) is 27.2. The van der Waals surface area contributed by atoms with Crippen LogP contribution in [0.1, 0.15) is 0 Å². The Bertz CT molecular complexity index is 3250. The molecule has 2 heterocycles. The molecule has 55 heavy (non-hydrogen) atoms. The van der Waals surface area contributed by atoms with Crippen molar-refractivity contribution in [3.05, 3.63) is 188 Å². The molecule has 0 aliphatic carbocycles. The molecule has 0 spiro atoms. The molecule has 4 nitrogen and oxygen atoms in total.